The van der Waals surface area contributed by atoms with Gasteiger partial charge in [-0.15, -0.1) is 0 Å². The topological polar surface area (TPSA) is 105 Å². The van der Waals surface area contributed by atoms with Gasteiger partial charge in [-0.05, 0) is 11.6 Å². The fraction of sp³-hybridized carbons (Fsp3) is 0.0476. The Morgan fingerprint density at radius 1 is 1.00 bits per heavy atom. The Balaban J connectivity index is 2.07. The lowest BCUT2D eigenvalue weighted by Gasteiger charge is -2.12. The van der Waals surface area contributed by atoms with Gasteiger partial charge < -0.3 is 5.11 Å². The molecule has 138 valence electrons. The molecule has 2 heterocycles. The fourth-order valence-electron chi connectivity index (χ4n) is 3.11. The van der Waals surface area contributed by atoms with Crippen LogP contribution in [-0.2, 0) is 6.54 Å². The van der Waals surface area contributed by atoms with Crippen LogP contribution in [0.15, 0.2) is 76.3 Å². The van der Waals surface area contributed by atoms with Gasteiger partial charge in [0.25, 0.3) is 5.56 Å². The third kappa shape index (κ3) is 3.09. The molecule has 0 saturated carbocycles. The minimum absolute atomic E-state index is 0.0383. The first-order valence-electron chi connectivity index (χ1n) is 8.55. The SMILES string of the molecule is O=C(O)c1cc(-c2ccccc2)nc2c1c(=O)[nH]c(=O)n2Cc1ccccc1. The molecule has 4 aromatic rings. The van der Waals surface area contributed by atoms with E-state index in [4.69, 9.17) is 0 Å². The zero-order valence-electron chi connectivity index (χ0n) is 14.6. The molecule has 2 aromatic carbocycles. The highest BCUT2D eigenvalue weighted by Crippen LogP contribution is 2.22. The van der Waals surface area contributed by atoms with E-state index in [2.05, 4.69) is 9.97 Å². The minimum atomic E-state index is -1.26. The highest BCUT2D eigenvalue weighted by Gasteiger charge is 2.19. The van der Waals surface area contributed by atoms with E-state index in [0.29, 0.717) is 11.3 Å². The van der Waals surface area contributed by atoms with E-state index in [-0.39, 0.29) is 23.1 Å². The Labute approximate surface area is 158 Å². The van der Waals surface area contributed by atoms with Crippen molar-refractivity contribution in [1.82, 2.24) is 14.5 Å². The monoisotopic (exact) mass is 373 g/mol. The number of benzene rings is 2. The van der Waals surface area contributed by atoms with Crippen LogP contribution in [-0.4, -0.2) is 25.6 Å². The van der Waals surface area contributed by atoms with Gasteiger partial charge in [0.15, 0.2) is 5.65 Å². The average molecular weight is 373 g/mol. The van der Waals surface area contributed by atoms with Crippen LogP contribution in [0.1, 0.15) is 15.9 Å². The Morgan fingerprint density at radius 3 is 2.29 bits per heavy atom. The Bertz CT molecular complexity index is 1290. The van der Waals surface area contributed by atoms with Crippen LogP contribution in [0.25, 0.3) is 22.3 Å². The average Bonchev–Trinajstić information content (AvgIpc) is 2.71. The van der Waals surface area contributed by atoms with Crippen molar-refractivity contribution >= 4 is 17.0 Å². The molecule has 0 amide bonds. The molecule has 0 atom stereocenters. The highest BCUT2D eigenvalue weighted by molar-refractivity contribution is 6.02. The maximum atomic E-state index is 12.5. The third-order valence-electron chi connectivity index (χ3n) is 4.43. The molecule has 0 spiro atoms. The summed E-state index contributed by atoms with van der Waals surface area (Å²) < 4.78 is 1.28. The van der Waals surface area contributed by atoms with E-state index >= 15 is 0 Å². The molecule has 0 bridgehead atoms. The fourth-order valence-corrected chi connectivity index (χ4v) is 3.11. The number of nitrogens with one attached hydrogen (secondary N) is 1. The second-order valence-electron chi connectivity index (χ2n) is 6.26. The van der Waals surface area contributed by atoms with Crippen molar-refractivity contribution < 1.29 is 9.90 Å². The zero-order valence-corrected chi connectivity index (χ0v) is 14.6. The lowest BCUT2D eigenvalue weighted by molar-refractivity contribution is 0.0699. The van der Waals surface area contributed by atoms with Crippen molar-refractivity contribution in [1.29, 1.82) is 0 Å². The molecule has 0 saturated heterocycles. The maximum Gasteiger partial charge on any atom is 0.336 e. The molecule has 7 nitrogen and oxygen atoms in total. The number of aromatic nitrogens is 3. The molecule has 0 fully saturated rings. The van der Waals surface area contributed by atoms with Gasteiger partial charge in [0.2, 0.25) is 0 Å². The Kier molecular flexibility index (Phi) is 4.33. The molecular weight excluding hydrogens is 358 g/mol. The van der Waals surface area contributed by atoms with Gasteiger partial charge in [0.1, 0.15) is 0 Å². The Hall–Kier alpha value is -4.00. The predicted octanol–water partition coefficient (Wildman–Crippen LogP) is 2.50. The molecule has 0 radical (unpaired) electrons. The molecular formula is C21H15N3O4. The van der Waals surface area contributed by atoms with Gasteiger partial charge in [-0.25, -0.2) is 14.6 Å². The zero-order chi connectivity index (χ0) is 19.7. The summed E-state index contributed by atoms with van der Waals surface area (Å²) in [5.74, 6) is -1.26. The van der Waals surface area contributed by atoms with E-state index in [0.717, 1.165) is 5.56 Å². The van der Waals surface area contributed by atoms with Crippen molar-refractivity contribution in [3.8, 4) is 11.3 Å². The summed E-state index contributed by atoms with van der Waals surface area (Å²) in [6.45, 7) is 0.150. The van der Waals surface area contributed by atoms with Crippen molar-refractivity contribution in [3.63, 3.8) is 0 Å². The number of carbonyl (C=O) groups is 1. The number of carboxylic acids is 1. The molecule has 2 aromatic heterocycles. The summed E-state index contributed by atoms with van der Waals surface area (Å²) in [5.41, 5.74) is 0.303. The molecule has 7 heteroatoms. The molecule has 0 unspecified atom stereocenters. The summed E-state index contributed by atoms with van der Waals surface area (Å²) in [4.78, 5) is 43.4. The number of pyridine rings is 1. The number of H-pyrrole nitrogens is 1. The number of carboxylic acid groups (broad SMARTS) is 1. The van der Waals surface area contributed by atoms with Gasteiger partial charge in [0, 0.05) is 5.56 Å². The van der Waals surface area contributed by atoms with Gasteiger partial charge in [-0.2, -0.15) is 0 Å². The summed E-state index contributed by atoms with van der Waals surface area (Å²) in [6, 6.07) is 19.5. The van der Waals surface area contributed by atoms with Crippen LogP contribution < -0.4 is 11.2 Å². The van der Waals surface area contributed by atoms with Gasteiger partial charge >= 0.3 is 11.7 Å². The number of hydrogen-bond donors (Lipinski definition) is 2. The summed E-state index contributed by atoms with van der Waals surface area (Å²) in [6.07, 6.45) is 0. The van der Waals surface area contributed by atoms with E-state index in [1.54, 1.807) is 24.3 Å². The van der Waals surface area contributed by atoms with Crippen LogP contribution in [0.4, 0.5) is 0 Å². The van der Waals surface area contributed by atoms with Crippen LogP contribution in [0.2, 0.25) is 0 Å². The first-order valence-corrected chi connectivity index (χ1v) is 8.55. The quantitative estimate of drug-likeness (QED) is 0.572. The van der Waals surface area contributed by atoms with Crippen molar-refractivity contribution in [2.24, 2.45) is 0 Å². The number of hydrogen-bond acceptors (Lipinski definition) is 4. The van der Waals surface area contributed by atoms with E-state index in [1.807, 2.05) is 36.4 Å². The number of rotatable bonds is 4. The lowest BCUT2D eigenvalue weighted by Crippen LogP contribution is -2.32. The number of fused-ring (bicyclic) bond motifs is 1. The van der Waals surface area contributed by atoms with Gasteiger partial charge in [0.05, 0.1) is 23.2 Å². The van der Waals surface area contributed by atoms with Crippen molar-refractivity contribution in [3.05, 3.63) is 98.7 Å². The number of nitrogens with zero attached hydrogens (tertiary/aromatic N) is 2. The molecule has 28 heavy (non-hydrogen) atoms. The number of aromatic amines is 1. The minimum Gasteiger partial charge on any atom is -0.478 e. The van der Waals surface area contributed by atoms with Gasteiger partial charge in [-0.3, -0.25) is 14.3 Å². The Morgan fingerprint density at radius 2 is 1.64 bits per heavy atom. The van der Waals surface area contributed by atoms with E-state index in [9.17, 15) is 19.5 Å². The molecule has 0 aliphatic rings. The predicted molar refractivity (Wildman–Crippen MR) is 105 cm³/mol. The molecule has 4 rings (SSSR count). The first kappa shape index (κ1) is 17.4. The maximum absolute atomic E-state index is 12.5. The largest absolute Gasteiger partial charge is 0.478 e. The highest BCUT2D eigenvalue weighted by atomic mass is 16.4. The second kappa shape index (κ2) is 6.96. The van der Waals surface area contributed by atoms with E-state index in [1.165, 1.54) is 10.6 Å². The van der Waals surface area contributed by atoms with Crippen molar-refractivity contribution in [2.75, 3.05) is 0 Å². The molecule has 2 N–H and O–H groups in total. The summed E-state index contributed by atoms with van der Waals surface area (Å²) in [7, 11) is 0. The third-order valence-corrected chi connectivity index (χ3v) is 4.43. The summed E-state index contributed by atoms with van der Waals surface area (Å²) in [5, 5.41) is 9.54. The van der Waals surface area contributed by atoms with Crippen LogP contribution in [0.3, 0.4) is 0 Å². The van der Waals surface area contributed by atoms with Crippen molar-refractivity contribution in [2.45, 2.75) is 6.54 Å². The number of aromatic carboxylic acids is 1. The van der Waals surface area contributed by atoms with Crippen LogP contribution in [0, 0.1) is 0 Å². The summed E-state index contributed by atoms with van der Waals surface area (Å²) >= 11 is 0. The second-order valence-corrected chi connectivity index (χ2v) is 6.26. The smallest absolute Gasteiger partial charge is 0.336 e. The van der Waals surface area contributed by atoms with Crippen LogP contribution in [0.5, 0.6) is 0 Å². The van der Waals surface area contributed by atoms with E-state index < -0.39 is 17.2 Å². The first-order chi connectivity index (χ1) is 13.5. The molecule has 0 aliphatic heterocycles. The normalized spacial score (nSPS) is 10.9. The van der Waals surface area contributed by atoms with Crippen LogP contribution >= 0.6 is 0 Å². The lowest BCUT2D eigenvalue weighted by atomic mass is 10.1. The van der Waals surface area contributed by atoms with Gasteiger partial charge in [-0.1, -0.05) is 60.7 Å². The standard InChI is InChI=1S/C21H15N3O4/c25-19-17-15(20(26)27)11-16(14-9-5-2-6-10-14)22-18(17)24(21(28)23-19)12-13-7-3-1-4-8-13/h1-11H,12H2,(H,26,27)(H,23,25,28). The molecule has 0 aliphatic carbocycles.